The molecule has 2 aromatic heterocycles. The average molecular weight is 320 g/mol. The van der Waals surface area contributed by atoms with Crippen LogP contribution in [0.25, 0.3) is 11.3 Å². The zero-order valence-corrected chi connectivity index (χ0v) is 13.4. The van der Waals surface area contributed by atoms with Crippen LogP contribution in [0.3, 0.4) is 0 Å². The molecule has 3 aromatic rings. The lowest BCUT2D eigenvalue weighted by molar-refractivity contribution is 0.00278. The van der Waals surface area contributed by atoms with Gasteiger partial charge in [-0.2, -0.15) is 0 Å². The van der Waals surface area contributed by atoms with Crippen LogP contribution in [0, 0.1) is 0 Å². The van der Waals surface area contributed by atoms with E-state index in [1.807, 2.05) is 30.5 Å². The lowest BCUT2D eigenvalue weighted by Crippen LogP contribution is -2.35. The van der Waals surface area contributed by atoms with Gasteiger partial charge in [-0.05, 0) is 11.6 Å². The van der Waals surface area contributed by atoms with Gasteiger partial charge >= 0.3 is 0 Å². The smallest absolute Gasteiger partial charge is 0.135 e. The summed E-state index contributed by atoms with van der Waals surface area (Å²) in [6.07, 6.45) is 5.96. The summed E-state index contributed by atoms with van der Waals surface area (Å²) in [6, 6.07) is 14.3. The summed E-state index contributed by atoms with van der Waals surface area (Å²) in [6.45, 7) is 3.01. The summed E-state index contributed by atoms with van der Waals surface area (Å²) >= 11 is 0. The monoisotopic (exact) mass is 320 g/mol. The third kappa shape index (κ3) is 3.37. The fourth-order valence-electron chi connectivity index (χ4n) is 2.94. The Kier molecular flexibility index (Phi) is 4.36. The number of rotatable bonds is 5. The van der Waals surface area contributed by atoms with E-state index in [0.717, 1.165) is 36.7 Å². The number of hydrogen-bond donors (Lipinski definition) is 1. The molecule has 0 aliphatic carbocycles. The fraction of sp³-hybridized carbons (Fsp3) is 0.263. The molecule has 1 aromatic carbocycles. The maximum atomic E-state index is 5.93. The maximum Gasteiger partial charge on any atom is 0.135 e. The normalized spacial score (nSPS) is 16.8. The van der Waals surface area contributed by atoms with Gasteiger partial charge in [0.2, 0.25) is 0 Å². The molecule has 0 amide bonds. The van der Waals surface area contributed by atoms with Crippen LogP contribution in [0.2, 0.25) is 0 Å². The number of nitrogens with one attached hydrogen (secondary N) is 1. The molecular weight excluding hydrogens is 300 g/mol. The molecule has 0 bridgehead atoms. The molecule has 0 fully saturated rings. The Bertz CT molecular complexity index is 786. The van der Waals surface area contributed by atoms with E-state index in [4.69, 9.17) is 9.72 Å². The summed E-state index contributed by atoms with van der Waals surface area (Å²) in [5.41, 5.74) is 3.34. The molecule has 1 unspecified atom stereocenters. The van der Waals surface area contributed by atoms with E-state index < -0.39 is 0 Å². The predicted molar refractivity (Wildman–Crippen MR) is 92.2 cm³/mol. The van der Waals surface area contributed by atoms with Gasteiger partial charge in [0.25, 0.3) is 0 Å². The van der Waals surface area contributed by atoms with Gasteiger partial charge in [0, 0.05) is 37.2 Å². The minimum absolute atomic E-state index is 0.159. The van der Waals surface area contributed by atoms with Crippen molar-refractivity contribution in [2.24, 2.45) is 0 Å². The van der Waals surface area contributed by atoms with Gasteiger partial charge < -0.3 is 14.6 Å². The largest absolute Gasteiger partial charge is 0.367 e. The van der Waals surface area contributed by atoms with Crippen molar-refractivity contribution < 1.29 is 4.74 Å². The highest BCUT2D eigenvalue weighted by molar-refractivity contribution is 5.58. The van der Waals surface area contributed by atoms with Crippen molar-refractivity contribution >= 4 is 0 Å². The average Bonchev–Trinajstić information content (AvgIpc) is 3.07. The Morgan fingerprint density at radius 3 is 2.92 bits per heavy atom. The standard InChI is InChI=1S/C19H20N4O/c1-2-6-16(7-3-1)18-13-23-12-17(24-14-19(23)22-18)11-21-10-15-5-4-8-20-9-15/h1-9,13,17,21H,10-12,14H2. The Labute approximate surface area is 141 Å². The van der Waals surface area contributed by atoms with Crippen LogP contribution in [0.5, 0.6) is 0 Å². The van der Waals surface area contributed by atoms with E-state index in [9.17, 15) is 0 Å². The van der Waals surface area contributed by atoms with Crippen LogP contribution in [-0.2, 0) is 24.4 Å². The van der Waals surface area contributed by atoms with Gasteiger partial charge in [0.05, 0.1) is 18.3 Å². The first kappa shape index (κ1) is 15.1. The van der Waals surface area contributed by atoms with Crippen LogP contribution in [0.4, 0.5) is 0 Å². The van der Waals surface area contributed by atoms with Crippen molar-refractivity contribution in [2.45, 2.75) is 25.8 Å². The van der Waals surface area contributed by atoms with Crippen molar-refractivity contribution in [2.75, 3.05) is 6.54 Å². The summed E-state index contributed by atoms with van der Waals surface area (Å²) in [5, 5.41) is 3.44. The topological polar surface area (TPSA) is 52.0 Å². The van der Waals surface area contributed by atoms with Crippen LogP contribution < -0.4 is 5.32 Å². The molecule has 1 aliphatic rings. The summed E-state index contributed by atoms with van der Waals surface area (Å²) < 4.78 is 8.14. The highest BCUT2D eigenvalue weighted by Crippen LogP contribution is 2.21. The van der Waals surface area contributed by atoms with Crippen molar-refractivity contribution in [3.8, 4) is 11.3 Å². The van der Waals surface area contributed by atoms with Gasteiger partial charge in [-0.25, -0.2) is 4.98 Å². The van der Waals surface area contributed by atoms with Crippen LogP contribution in [-0.4, -0.2) is 27.2 Å². The molecule has 122 valence electrons. The predicted octanol–water partition coefficient (Wildman–Crippen LogP) is 2.63. The molecule has 3 heterocycles. The molecule has 4 rings (SSSR count). The molecule has 1 aliphatic heterocycles. The first-order chi connectivity index (χ1) is 11.9. The molecule has 0 saturated heterocycles. The van der Waals surface area contributed by atoms with Crippen molar-refractivity contribution in [1.29, 1.82) is 0 Å². The SMILES string of the molecule is c1ccc(-c2cn3c(n2)COC(CNCc2cccnc2)C3)cc1. The number of ether oxygens (including phenoxy) is 1. The van der Waals surface area contributed by atoms with Crippen LogP contribution in [0.15, 0.2) is 61.1 Å². The minimum Gasteiger partial charge on any atom is -0.367 e. The first-order valence-electron chi connectivity index (χ1n) is 8.21. The fourth-order valence-corrected chi connectivity index (χ4v) is 2.94. The van der Waals surface area contributed by atoms with Crippen molar-refractivity contribution in [1.82, 2.24) is 19.9 Å². The Morgan fingerprint density at radius 2 is 2.08 bits per heavy atom. The molecule has 24 heavy (non-hydrogen) atoms. The van der Waals surface area contributed by atoms with E-state index in [-0.39, 0.29) is 6.10 Å². The lowest BCUT2D eigenvalue weighted by atomic mass is 10.2. The van der Waals surface area contributed by atoms with E-state index in [1.165, 1.54) is 5.56 Å². The zero-order chi connectivity index (χ0) is 16.2. The van der Waals surface area contributed by atoms with Crippen LogP contribution in [0.1, 0.15) is 11.4 Å². The van der Waals surface area contributed by atoms with Crippen LogP contribution >= 0.6 is 0 Å². The van der Waals surface area contributed by atoms with Gasteiger partial charge in [-0.1, -0.05) is 36.4 Å². The van der Waals surface area contributed by atoms with Gasteiger partial charge in [0.15, 0.2) is 0 Å². The number of hydrogen-bond acceptors (Lipinski definition) is 4. The second-order valence-electron chi connectivity index (χ2n) is 5.99. The van der Waals surface area contributed by atoms with Crippen molar-refractivity contribution in [3.63, 3.8) is 0 Å². The molecule has 1 N–H and O–H groups in total. The molecule has 5 heteroatoms. The first-order valence-corrected chi connectivity index (χ1v) is 8.21. The Hall–Kier alpha value is -2.50. The maximum absolute atomic E-state index is 5.93. The van der Waals surface area contributed by atoms with Gasteiger partial charge in [0.1, 0.15) is 12.4 Å². The van der Waals surface area contributed by atoms with Crippen molar-refractivity contribution in [3.05, 3.63) is 72.4 Å². The third-order valence-electron chi connectivity index (χ3n) is 4.20. The quantitative estimate of drug-likeness (QED) is 0.785. The minimum atomic E-state index is 0.159. The molecule has 0 radical (unpaired) electrons. The number of nitrogens with zero attached hydrogens (tertiary/aromatic N) is 3. The highest BCUT2D eigenvalue weighted by atomic mass is 16.5. The molecular formula is C19H20N4O. The number of fused-ring (bicyclic) bond motifs is 1. The van der Waals surface area contributed by atoms with E-state index in [1.54, 1.807) is 6.20 Å². The number of aromatic nitrogens is 3. The number of benzene rings is 1. The second kappa shape index (κ2) is 6.95. The summed E-state index contributed by atoms with van der Waals surface area (Å²) in [4.78, 5) is 8.82. The molecule has 0 spiro atoms. The Morgan fingerprint density at radius 1 is 1.17 bits per heavy atom. The van der Waals surface area contributed by atoms with E-state index >= 15 is 0 Å². The lowest BCUT2D eigenvalue weighted by Gasteiger charge is -2.24. The summed E-state index contributed by atoms with van der Waals surface area (Å²) in [5.74, 6) is 0.998. The highest BCUT2D eigenvalue weighted by Gasteiger charge is 2.20. The van der Waals surface area contributed by atoms with E-state index in [0.29, 0.717) is 6.61 Å². The third-order valence-corrected chi connectivity index (χ3v) is 4.20. The summed E-state index contributed by atoms with van der Waals surface area (Å²) in [7, 11) is 0. The number of pyridine rings is 1. The zero-order valence-electron chi connectivity index (χ0n) is 13.4. The van der Waals surface area contributed by atoms with E-state index in [2.05, 4.69) is 39.3 Å². The molecule has 5 nitrogen and oxygen atoms in total. The Balaban J connectivity index is 1.36. The van der Waals surface area contributed by atoms with Gasteiger partial charge in [-0.15, -0.1) is 0 Å². The molecule has 0 saturated carbocycles. The number of imidazole rings is 1. The van der Waals surface area contributed by atoms with Gasteiger partial charge in [-0.3, -0.25) is 4.98 Å². The molecule has 1 atom stereocenters. The second-order valence-corrected chi connectivity index (χ2v) is 5.99.